The van der Waals surface area contributed by atoms with Crippen molar-refractivity contribution in [2.75, 3.05) is 39.9 Å². The van der Waals surface area contributed by atoms with Crippen LogP contribution in [0.15, 0.2) is 66.0 Å². The van der Waals surface area contributed by atoms with Crippen LogP contribution in [0.1, 0.15) is 60.9 Å². The van der Waals surface area contributed by atoms with Gasteiger partial charge in [0.1, 0.15) is 6.04 Å². The molecule has 252 valence electrons. The molecule has 46 heavy (non-hydrogen) atoms. The van der Waals surface area contributed by atoms with Gasteiger partial charge in [0.2, 0.25) is 5.91 Å². The second-order valence-corrected chi connectivity index (χ2v) is 13.2. The number of ether oxygens (including phenoxy) is 1. The number of nitrogens with one attached hydrogen (secondary N) is 2. The Hall–Kier alpha value is -3.02. The fourth-order valence-electron chi connectivity index (χ4n) is 5.50. The normalized spacial score (nSPS) is 15.4. The lowest BCUT2D eigenvalue weighted by Gasteiger charge is -2.30. The zero-order chi connectivity index (χ0) is 32.0. The summed E-state index contributed by atoms with van der Waals surface area (Å²) in [7, 11) is 1.74. The van der Waals surface area contributed by atoms with Gasteiger partial charge in [0, 0.05) is 50.1 Å². The smallest absolute Gasteiger partial charge is 0.318 e. The summed E-state index contributed by atoms with van der Waals surface area (Å²) in [5, 5.41) is 9.39. The summed E-state index contributed by atoms with van der Waals surface area (Å²) >= 11 is 1.61. The Morgan fingerprint density at radius 3 is 2.20 bits per heavy atom. The van der Waals surface area contributed by atoms with Gasteiger partial charge in [-0.05, 0) is 43.2 Å². The van der Waals surface area contributed by atoms with Crippen LogP contribution in [0.5, 0.6) is 0 Å². The highest BCUT2D eigenvalue weighted by molar-refractivity contribution is 7.09. The van der Waals surface area contributed by atoms with Gasteiger partial charge in [0.05, 0.1) is 30.5 Å². The predicted octanol–water partition coefficient (Wildman–Crippen LogP) is 5.00. The first kappa shape index (κ1) is 37.4. The predicted molar refractivity (Wildman–Crippen MR) is 189 cm³/mol. The van der Waals surface area contributed by atoms with Gasteiger partial charge in [-0.2, -0.15) is 0 Å². The maximum atomic E-state index is 13.9. The zero-order valence-electron chi connectivity index (χ0n) is 27.4. The first-order chi connectivity index (χ1) is 21.8. The monoisotopic (exact) mass is 670 g/mol. The van der Waals surface area contributed by atoms with E-state index < -0.39 is 6.04 Å². The minimum absolute atomic E-state index is 0. The average molecular weight is 671 g/mol. The molecule has 1 aliphatic heterocycles. The van der Waals surface area contributed by atoms with E-state index in [1.165, 1.54) is 5.56 Å². The van der Waals surface area contributed by atoms with E-state index in [9.17, 15) is 9.59 Å². The van der Waals surface area contributed by atoms with Crippen molar-refractivity contribution in [3.05, 3.63) is 87.9 Å². The standard InChI is InChI=1S/C35H50N6O3S.ClH/c1-26(2)34-38-31(25-45-34)24-40(3)35(43)39-32(16-17-41-18-20-44-21-19-41)33(42)37-30(23-28-12-8-5-9-13-28)15-14-29(36)22-27-10-6-4-7-11-27;/h4-13,25-26,29-30,32H,14-24,36H2,1-3H3,(H,37,42)(H,39,43);1H/t29-,30-,32+;/m1./s1. The summed E-state index contributed by atoms with van der Waals surface area (Å²) in [6, 6.07) is 19.3. The van der Waals surface area contributed by atoms with Gasteiger partial charge >= 0.3 is 6.03 Å². The molecule has 4 rings (SSSR count). The van der Waals surface area contributed by atoms with E-state index in [4.69, 9.17) is 10.5 Å². The summed E-state index contributed by atoms with van der Waals surface area (Å²) in [5.74, 6) is 0.172. The molecular formula is C35H51ClN6O3S. The van der Waals surface area contributed by atoms with Crippen LogP contribution >= 0.6 is 23.7 Å². The van der Waals surface area contributed by atoms with E-state index >= 15 is 0 Å². The first-order valence-electron chi connectivity index (χ1n) is 16.2. The van der Waals surface area contributed by atoms with Crippen molar-refractivity contribution in [1.29, 1.82) is 0 Å². The lowest BCUT2D eigenvalue weighted by Crippen LogP contribution is -2.54. The van der Waals surface area contributed by atoms with Gasteiger partial charge in [-0.3, -0.25) is 9.69 Å². The van der Waals surface area contributed by atoms with E-state index in [1.807, 2.05) is 41.8 Å². The van der Waals surface area contributed by atoms with E-state index in [-0.39, 0.29) is 36.4 Å². The Balaban J connectivity index is 0.00000576. The highest BCUT2D eigenvalue weighted by Gasteiger charge is 2.26. The average Bonchev–Trinajstić information content (AvgIpc) is 3.52. The van der Waals surface area contributed by atoms with Crippen LogP contribution in [-0.2, 0) is 28.9 Å². The third-order valence-corrected chi connectivity index (χ3v) is 9.35. The summed E-state index contributed by atoms with van der Waals surface area (Å²) in [5.41, 5.74) is 9.77. The van der Waals surface area contributed by atoms with Crippen LogP contribution in [0.4, 0.5) is 4.79 Å². The summed E-state index contributed by atoms with van der Waals surface area (Å²) in [4.78, 5) is 35.8. The maximum Gasteiger partial charge on any atom is 0.318 e. The van der Waals surface area contributed by atoms with Gasteiger partial charge in [-0.1, -0.05) is 74.5 Å². The molecule has 2 heterocycles. The second kappa shape index (κ2) is 19.6. The van der Waals surface area contributed by atoms with Crippen LogP contribution in [0.2, 0.25) is 0 Å². The van der Waals surface area contributed by atoms with E-state index in [1.54, 1.807) is 23.3 Å². The van der Waals surface area contributed by atoms with Gasteiger partial charge in [-0.15, -0.1) is 23.7 Å². The number of rotatable bonds is 16. The number of amides is 3. The number of morpholine rings is 1. The van der Waals surface area contributed by atoms with Crippen molar-refractivity contribution < 1.29 is 14.3 Å². The molecule has 0 saturated carbocycles. The molecule has 0 spiro atoms. The number of hydrogen-bond donors (Lipinski definition) is 3. The van der Waals surface area contributed by atoms with Crippen LogP contribution in [0, 0.1) is 0 Å². The Bertz CT molecular complexity index is 1310. The molecule has 4 N–H and O–H groups in total. The molecule has 0 bridgehead atoms. The summed E-state index contributed by atoms with van der Waals surface area (Å²) in [6.07, 6.45) is 3.49. The number of benzene rings is 2. The third-order valence-electron chi connectivity index (χ3n) is 8.16. The number of halogens is 1. The highest BCUT2D eigenvalue weighted by Crippen LogP contribution is 2.20. The SMILES string of the molecule is CC(C)c1nc(CN(C)C(=O)N[C@@H](CCN2CCOCC2)C(=O)N[C@H](CC[C@@H](N)Cc2ccccc2)Cc2ccccc2)cs1.Cl. The third kappa shape index (κ3) is 12.6. The Labute approximate surface area is 284 Å². The van der Waals surface area contributed by atoms with Gasteiger partial charge < -0.3 is 26.0 Å². The van der Waals surface area contributed by atoms with Crippen LogP contribution in [-0.4, -0.2) is 84.7 Å². The molecule has 1 aliphatic rings. The fourth-order valence-corrected chi connectivity index (χ4v) is 6.33. The van der Waals surface area contributed by atoms with E-state index in [2.05, 4.69) is 58.6 Å². The van der Waals surface area contributed by atoms with Crippen molar-refractivity contribution in [2.45, 2.75) is 76.5 Å². The Kier molecular flexibility index (Phi) is 15.9. The molecule has 3 aromatic rings. The molecule has 0 aliphatic carbocycles. The van der Waals surface area contributed by atoms with E-state index in [0.717, 1.165) is 48.6 Å². The molecular weight excluding hydrogens is 620 g/mol. The molecule has 3 atom stereocenters. The minimum atomic E-state index is -0.680. The van der Waals surface area contributed by atoms with Crippen LogP contribution < -0.4 is 16.4 Å². The highest BCUT2D eigenvalue weighted by atomic mass is 35.5. The Morgan fingerprint density at radius 1 is 0.957 bits per heavy atom. The topological polar surface area (TPSA) is 113 Å². The number of carbonyl (C=O) groups is 2. The van der Waals surface area contributed by atoms with Crippen molar-refractivity contribution in [2.24, 2.45) is 5.73 Å². The molecule has 9 nitrogen and oxygen atoms in total. The first-order valence-corrected chi connectivity index (χ1v) is 17.0. The molecule has 0 unspecified atom stereocenters. The van der Waals surface area contributed by atoms with Gasteiger partial charge in [-0.25, -0.2) is 9.78 Å². The van der Waals surface area contributed by atoms with Crippen LogP contribution in [0.3, 0.4) is 0 Å². The van der Waals surface area contributed by atoms with Crippen LogP contribution in [0.25, 0.3) is 0 Å². The fraction of sp³-hybridized carbons (Fsp3) is 0.514. The number of aromatic nitrogens is 1. The quantitative estimate of drug-likeness (QED) is 0.198. The number of thiazole rings is 1. The minimum Gasteiger partial charge on any atom is -0.379 e. The maximum absolute atomic E-state index is 13.9. The zero-order valence-corrected chi connectivity index (χ0v) is 29.0. The molecule has 1 aromatic heterocycles. The summed E-state index contributed by atoms with van der Waals surface area (Å²) < 4.78 is 5.50. The van der Waals surface area contributed by atoms with E-state index in [0.29, 0.717) is 45.1 Å². The lowest BCUT2D eigenvalue weighted by molar-refractivity contribution is -0.124. The number of nitrogens with zero attached hydrogens (tertiary/aromatic N) is 3. The lowest BCUT2D eigenvalue weighted by atomic mass is 9.96. The molecule has 1 fully saturated rings. The van der Waals surface area contributed by atoms with Crippen molar-refractivity contribution in [3.63, 3.8) is 0 Å². The van der Waals surface area contributed by atoms with Gasteiger partial charge in [0.15, 0.2) is 0 Å². The Morgan fingerprint density at radius 2 is 1.59 bits per heavy atom. The molecule has 0 radical (unpaired) electrons. The van der Waals surface area contributed by atoms with Crippen molar-refractivity contribution >= 4 is 35.7 Å². The number of hydrogen-bond acceptors (Lipinski definition) is 7. The number of urea groups is 1. The van der Waals surface area contributed by atoms with Crippen molar-refractivity contribution in [1.82, 2.24) is 25.4 Å². The summed E-state index contributed by atoms with van der Waals surface area (Å²) in [6.45, 7) is 8.29. The van der Waals surface area contributed by atoms with Crippen molar-refractivity contribution in [3.8, 4) is 0 Å². The molecule has 1 saturated heterocycles. The molecule has 11 heteroatoms. The number of nitrogens with two attached hydrogens (primary N) is 1. The van der Waals surface area contributed by atoms with Gasteiger partial charge in [0.25, 0.3) is 0 Å². The number of carbonyl (C=O) groups excluding carboxylic acids is 2. The second-order valence-electron chi connectivity index (χ2n) is 12.4. The largest absolute Gasteiger partial charge is 0.379 e. The molecule has 3 amide bonds. The molecule has 2 aromatic carbocycles.